The average Bonchev–Trinajstić information content (AvgIpc) is 2.66. The van der Waals surface area contributed by atoms with Gasteiger partial charge in [-0.1, -0.05) is 0 Å². The van der Waals surface area contributed by atoms with E-state index in [-0.39, 0.29) is 18.1 Å². The third-order valence-corrected chi connectivity index (χ3v) is 3.79. The topological polar surface area (TPSA) is 82.1 Å². The van der Waals surface area contributed by atoms with E-state index >= 15 is 0 Å². The number of rotatable bonds is 3. The van der Waals surface area contributed by atoms with Crippen molar-refractivity contribution in [2.45, 2.75) is 58.0 Å². The number of esters is 3. The molecule has 0 spiro atoms. The van der Waals surface area contributed by atoms with Crippen LogP contribution in [0.3, 0.4) is 0 Å². The quantitative estimate of drug-likeness (QED) is 0.546. The molecule has 2 rings (SSSR count). The largest absolute Gasteiger partial charge is 0.461 e. The molecule has 118 valence electrons. The molecule has 4 unspecified atom stereocenters. The van der Waals surface area contributed by atoms with Gasteiger partial charge in [-0.05, 0) is 19.4 Å². The smallest absolute Gasteiger partial charge is 0.303 e. The summed E-state index contributed by atoms with van der Waals surface area (Å²) in [5.41, 5.74) is 0. The molecule has 0 aromatic heterocycles. The number of hydrogen-bond acceptors (Lipinski definition) is 7. The molecule has 0 radical (unpaired) electrons. The van der Waals surface area contributed by atoms with Crippen molar-refractivity contribution in [3.8, 4) is 0 Å². The summed E-state index contributed by atoms with van der Waals surface area (Å²) in [7, 11) is 0. The molecule has 0 aliphatic carbocycles. The number of piperidine rings is 1. The van der Waals surface area contributed by atoms with Gasteiger partial charge in [0.15, 0.2) is 12.2 Å². The SMILES string of the molecule is CC(=O)OC1CN2CCCC(OC(C)=O)C2C1OC(C)=O. The van der Waals surface area contributed by atoms with Crippen LogP contribution in [-0.4, -0.2) is 60.3 Å². The molecule has 0 saturated carbocycles. The lowest BCUT2D eigenvalue weighted by Gasteiger charge is -2.37. The number of ether oxygens (including phenoxy) is 3. The second-order valence-electron chi connectivity index (χ2n) is 5.50. The summed E-state index contributed by atoms with van der Waals surface area (Å²) < 4.78 is 16.0. The highest BCUT2D eigenvalue weighted by Crippen LogP contribution is 2.33. The number of fused-ring (bicyclic) bond motifs is 1. The molecule has 0 aromatic carbocycles. The lowest BCUT2D eigenvalue weighted by Crippen LogP contribution is -2.51. The highest BCUT2D eigenvalue weighted by Gasteiger charge is 2.51. The Morgan fingerprint density at radius 2 is 1.48 bits per heavy atom. The molecule has 0 aromatic rings. The van der Waals surface area contributed by atoms with Gasteiger partial charge in [0, 0.05) is 27.3 Å². The first-order valence-corrected chi connectivity index (χ1v) is 7.14. The highest BCUT2D eigenvalue weighted by atomic mass is 16.6. The van der Waals surface area contributed by atoms with Gasteiger partial charge in [0.1, 0.15) is 6.10 Å². The first-order valence-electron chi connectivity index (χ1n) is 7.14. The molecule has 7 heteroatoms. The Balaban J connectivity index is 2.20. The maximum absolute atomic E-state index is 11.3. The van der Waals surface area contributed by atoms with Gasteiger partial charge in [-0.3, -0.25) is 19.3 Å². The first kappa shape index (κ1) is 15.8. The van der Waals surface area contributed by atoms with Crippen molar-refractivity contribution >= 4 is 17.9 Å². The molecule has 2 aliphatic rings. The third kappa shape index (κ3) is 3.72. The van der Waals surface area contributed by atoms with Gasteiger partial charge in [-0.25, -0.2) is 0 Å². The van der Waals surface area contributed by atoms with E-state index in [0.29, 0.717) is 13.0 Å². The molecule has 4 atom stereocenters. The summed E-state index contributed by atoms with van der Waals surface area (Å²) in [6.07, 6.45) is 0.129. The van der Waals surface area contributed by atoms with Crippen LogP contribution in [0.1, 0.15) is 33.6 Å². The maximum Gasteiger partial charge on any atom is 0.303 e. The van der Waals surface area contributed by atoms with Crippen molar-refractivity contribution in [3.63, 3.8) is 0 Å². The molecular weight excluding hydrogens is 278 g/mol. The van der Waals surface area contributed by atoms with E-state index in [2.05, 4.69) is 4.90 Å². The predicted octanol–water partition coefficient (Wildman–Crippen LogP) is 0.259. The zero-order valence-corrected chi connectivity index (χ0v) is 12.5. The van der Waals surface area contributed by atoms with Crippen LogP contribution in [-0.2, 0) is 28.6 Å². The van der Waals surface area contributed by atoms with Crippen LogP contribution in [0.25, 0.3) is 0 Å². The lowest BCUT2D eigenvalue weighted by atomic mass is 9.96. The van der Waals surface area contributed by atoms with Gasteiger partial charge in [0.25, 0.3) is 0 Å². The molecule has 2 aliphatic heterocycles. The van der Waals surface area contributed by atoms with Gasteiger partial charge in [0.2, 0.25) is 0 Å². The molecule has 2 heterocycles. The fraction of sp³-hybridized carbons (Fsp3) is 0.786. The van der Waals surface area contributed by atoms with E-state index in [1.807, 2.05) is 0 Å². The Hall–Kier alpha value is -1.63. The van der Waals surface area contributed by atoms with Crippen molar-refractivity contribution < 1.29 is 28.6 Å². The Labute approximate surface area is 123 Å². The van der Waals surface area contributed by atoms with E-state index in [4.69, 9.17) is 14.2 Å². The Bertz CT molecular complexity index is 437. The summed E-state index contributed by atoms with van der Waals surface area (Å²) >= 11 is 0. The van der Waals surface area contributed by atoms with Crippen molar-refractivity contribution in [3.05, 3.63) is 0 Å². The third-order valence-electron chi connectivity index (χ3n) is 3.79. The standard InChI is InChI=1S/C14H21NO6/c1-8(16)19-11-5-4-6-15-7-12(20-9(2)17)14(13(11)15)21-10(3)18/h11-14H,4-7H2,1-3H3. The number of nitrogens with zero attached hydrogens (tertiary/aromatic N) is 1. The molecule has 2 fully saturated rings. The molecule has 2 saturated heterocycles. The van der Waals surface area contributed by atoms with E-state index in [0.717, 1.165) is 13.0 Å². The van der Waals surface area contributed by atoms with Crippen LogP contribution < -0.4 is 0 Å². The Kier molecular flexibility index (Phi) is 4.82. The number of carbonyl (C=O) groups is 3. The molecule has 0 amide bonds. The van der Waals surface area contributed by atoms with Crippen molar-refractivity contribution in [1.29, 1.82) is 0 Å². The summed E-state index contributed by atoms with van der Waals surface area (Å²) in [4.78, 5) is 35.9. The zero-order valence-electron chi connectivity index (χ0n) is 12.5. The molecule has 21 heavy (non-hydrogen) atoms. The molecule has 0 N–H and O–H groups in total. The normalized spacial score (nSPS) is 32.1. The van der Waals surface area contributed by atoms with Gasteiger partial charge in [-0.2, -0.15) is 0 Å². The molecule has 7 nitrogen and oxygen atoms in total. The van der Waals surface area contributed by atoms with Crippen LogP contribution in [0.2, 0.25) is 0 Å². The minimum Gasteiger partial charge on any atom is -0.461 e. The van der Waals surface area contributed by atoms with Crippen LogP contribution >= 0.6 is 0 Å². The fourth-order valence-electron chi connectivity index (χ4n) is 3.23. The average molecular weight is 299 g/mol. The summed E-state index contributed by atoms with van der Waals surface area (Å²) in [5.74, 6) is -1.22. The number of hydrogen-bond donors (Lipinski definition) is 0. The van der Waals surface area contributed by atoms with Crippen LogP contribution in [0.4, 0.5) is 0 Å². The van der Waals surface area contributed by atoms with E-state index in [1.54, 1.807) is 0 Å². The van der Waals surface area contributed by atoms with Crippen molar-refractivity contribution in [2.24, 2.45) is 0 Å². The van der Waals surface area contributed by atoms with Crippen molar-refractivity contribution in [2.75, 3.05) is 13.1 Å². The lowest BCUT2D eigenvalue weighted by molar-refractivity contribution is -0.169. The van der Waals surface area contributed by atoms with Gasteiger partial charge in [0.05, 0.1) is 6.04 Å². The number of carbonyl (C=O) groups excluding carboxylic acids is 3. The molecular formula is C14H21NO6. The van der Waals surface area contributed by atoms with Gasteiger partial charge >= 0.3 is 17.9 Å². The predicted molar refractivity (Wildman–Crippen MR) is 71.3 cm³/mol. The second-order valence-corrected chi connectivity index (χ2v) is 5.50. The van der Waals surface area contributed by atoms with Crippen LogP contribution in [0.15, 0.2) is 0 Å². The monoisotopic (exact) mass is 299 g/mol. The second kappa shape index (κ2) is 6.43. The molecule has 0 bridgehead atoms. The maximum atomic E-state index is 11.3. The van der Waals surface area contributed by atoms with E-state index in [1.165, 1.54) is 20.8 Å². The summed E-state index contributed by atoms with van der Waals surface area (Å²) in [5, 5.41) is 0. The van der Waals surface area contributed by atoms with Gasteiger partial charge in [-0.15, -0.1) is 0 Å². The summed E-state index contributed by atoms with van der Waals surface area (Å²) in [6.45, 7) is 5.29. The van der Waals surface area contributed by atoms with E-state index < -0.39 is 24.1 Å². The fourth-order valence-corrected chi connectivity index (χ4v) is 3.23. The van der Waals surface area contributed by atoms with Crippen LogP contribution in [0, 0.1) is 0 Å². The first-order chi connectivity index (χ1) is 9.88. The summed E-state index contributed by atoms with van der Waals surface area (Å²) in [6, 6.07) is -0.254. The minimum atomic E-state index is -0.601. The minimum absolute atomic E-state index is 0.254. The zero-order chi connectivity index (χ0) is 15.6. The van der Waals surface area contributed by atoms with E-state index in [9.17, 15) is 14.4 Å². The highest BCUT2D eigenvalue weighted by molar-refractivity contribution is 5.68. The van der Waals surface area contributed by atoms with Gasteiger partial charge < -0.3 is 14.2 Å². The van der Waals surface area contributed by atoms with Crippen molar-refractivity contribution in [1.82, 2.24) is 4.90 Å². The Morgan fingerprint density at radius 3 is 2.05 bits per heavy atom. The Morgan fingerprint density at radius 1 is 0.905 bits per heavy atom. The van der Waals surface area contributed by atoms with Crippen LogP contribution in [0.5, 0.6) is 0 Å².